The van der Waals surface area contributed by atoms with Crippen LogP contribution in [0.4, 0.5) is 0 Å². The van der Waals surface area contributed by atoms with Gasteiger partial charge in [-0.3, -0.25) is 0 Å². The molecule has 0 aromatic heterocycles. The number of thiol groups is 1. The number of benzene rings is 3. The van der Waals surface area contributed by atoms with Gasteiger partial charge in [-0.25, -0.2) is 0 Å². The van der Waals surface area contributed by atoms with Gasteiger partial charge in [-0.2, -0.15) is 12.6 Å². The average Bonchev–Trinajstić information content (AvgIpc) is 2.84. The van der Waals surface area contributed by atoms with E-state index in [-0.39, 0.29) is 0 Å². The predicted octanol–water partition coefficient (Wildman–Crippen LogP) is 5.76. The van der Waals surface area contributed by atoms with Crippen LogP contribution in [0.5, 0.6) is 0 Å². The second-order valence-corrected chi connectivity index (χ2v) is 8.05. The Morgan fingerprint density at radius 2 is 1.56 bits per heavy atom. The summed E-state index contributed by atoms with van der Waals surface area (Å²) < 4.78 is 0.969. The van der Waals surface area contributed by atoms with Crippen LogP contribution in [0.25, 0.3) is 11.1 Å². The lowest BCUT2D eigenvalue weighted by molar-refractivity contribution is 0.130. The van der Waals surface area contributed by atoms with Crippen molar-refractivity contribution in [3.8, 4) is 11.1 Å². The fourth-order valence-electron chi connectivity index (χ4n) is 3.86. The lowest BCUT2D eigenvalue weighted by Gasteiger charge is -2.28. The fourth-order valence-corrected chi connectivity index (χ4v) is 4.41. The summed E-state index contributed by atoms with van der Waals surface area (Å²) in [6, 6.07) is 18.7. The summed E-state index contributed by atoms with van der Waals surface area (Å²) in [4.78, 5) is 0. The van der Waals surface area contributed by atoms with Gasteiger partial charge >= 0.3 is 0 Å². The molecule has 3 aromatic carbocycles. The van der Waals surface area contributed by atoms with Crippen molar-refractivity contribution in [1.82, 2.24) is 0 Å². The highest BCUT2D eigenvalue weighted by Gasteiger charge is 2.43. The number of hydrogen-bond acceptors (Lipinski definition) is 2. The van der Waals surface area contributed by atoms with Gasteiger partial charge in [0.1, 0.15) is 5.60 Å². The molecule has 1 nitrogen and oxygen atoms in total. The van der Waals surface area contributed by atoms with Gasteiger partial charge in [-0.05, 0) is 48.2 Å². The van der Waals surface area contributed by atoms with Crippen LogP contribution in [-0.2, 0) is 11.4 Å². The lowest BCUT2D eigenvalue weighted by atomic mass is 9.82. The van der Waals surface area contributed by atoms with E-state index in [1.54, 1.807) is 0 Å². The number of halogens is 1. The third-order valence-corrected chi connectivity index (χ3v) is 5.82. The molecule has 0 heterocycles. The second kappa shape index (κ2) is 6.01. The zero-order chi connectivity index (χ0) is 17.8. The molecule has 0 saturated carbocycles. The molecule has 4 rings (SSSR count). The minimum atomic E-state index is -1.15. The Bertz CT molecular complexity index is 942. The molecule has 3 heteroatoms. The summed E-state index contributed by atoms with van der Waals surface area (Å²) in [6.07, 6.45) is 0. The van der Waals surface area contributed by atoms with E-state index in [1.165, 1.54) is 0 Å². The van der Waals surface area contributed by atoms with Gasteiger partial charge < -0.3 is 5.11 Å². The normalized spacial score (nSPS) is 18.1. The highest BCUT2D eigenvalue weighted by atomic mass is 79.9. The molecule has 0 aliphatic heterocycles. The predicted molar refractivity (Wildman–Crippen MR) is 110 cm³/mol. The van der Waals surface area contributed by atoms with Gasteiger partial charge in [0.15, 0.2) is 0 Å². The highest BCUT2D eigenvalue weighted by Crippen LogP contribution is 2.52. The van der Waals surface area contributed by atoms with Crippen LogP contribution in [-0.4, -0.2) is 5.11 Å². The zero-order valence-electron chi connectivity index (χ0n) is 14.2. The molecule has 0 bridgehead atoms. The van der Waals surface area contributed by atoms with E-state index in [0.29, 0.717) is 5.75 Å². The second-order valence-electron chi connectivity index (χ2n) is 6.81. The molecule has 0 amide bonds. The first kappa shape index (κ1) is 16.9. The Morgan fingerprint density at radius 1 is 0.880 bits per heavy atom. The summed E-state index contributed by atoms with van der Waals surface area (Å²) in [5, 5.41) is 12.0. The van der Waals surface area contributed by atoms with Gasteiger partial charge in [0, 0.05) is 21.4 Å². The molecular weight excluding hydrogens is 392 g/mol. The molecule has 1 N–H and O–H groups in total. The van der Waals surface area contributed by atoms with Crippen LogP contribution >= 0.6 is 28.6 Å². The molecule has 0 fully saturated rings. The van der Waals surface area contributed by atoms with E-state index in [1.807, 2.05) is 12.1 Å². The minimum absolute atomic E-state index is 0.650. The Labute approximate surface area is 162 Å². The maximum Gasteiger partial charge on any atom is 0.141 e. The molecule has 3 aromatic rings. The van der Waals surface area contributed by atoms with Gasteiger partial charge in [0.25, 0.3) is 0 Å². The van der Waals surface area contributed by atoms with Crippen LogP contribution in [0.2, 0.25) is 0 Å². The largest absolute Gasteiger partial charge is 0.376 e. The highest BCUT2D eigenvalue weighted by molar-refractivity contribution is 9.10. The summed E-state index contributed by atoms with van der Waals surface area (Å²) in [6.45, 7) is 4.13. The molecule has 1 unspecified atom stereocenters. The quantitative estimate of drug-likeness (QED) is 0.514. The SMILES string of the molecule is Cc1cc(CS)cc(C2(O)c3cc(C)ccc3-c3ccc(Br)cc32)c1. The Kier molecular flexibility index (Phi) is 4.06. The molecule has 0 spiro atoms. The van der Waals surface area contributed by atoms with Gasteiger partial charge in [-0.1, -0.05) is 69.5 Å². The Morgan fingerprint density at radius 3 is 2.28 bits per heavy atom. The van der Waals surface area contributed by atoms with Crippen LogP contribution in [0.15, 0.2) is 59.1 Å². The topological polar surface area (TPSA) is 20.2 Å². The molecule has 1 aliphatic carbocycles. The monoisotopic (exact) mass is 410 g/mol. The Balaban J connectivity index is 2.08. The maximum atomic E-state index is 12.0. The standard InChI is InChI=1S/C22H19BrOS/c1-13-3-5-18-19-6-4-17(23)11-21(19)22(24,20(18)9-13)16-8-14(2)7-15(10-16)12-25/h3-11,24-25H,12H2,1-2H3. The molecule has 1 aliphatic rings. The first-order valence-electron chi connectivity index (χ1n) is 8.29. The van der Waals surface area contributed by atoms with Crippen LogP contribution < -0.4 is 0 Å². The average molecular weight is 411 g/mol. The summed E-state index contributed by atoms with van der Waals surface area (Å²) in [7, 11) is 0. The zero-order valence-corrected chi connectivity index (χ0v) is 16.7. The third kappa shape index (κ3) is 2.57. The summed E-state index contributed by atoms with van der Waals surface area (Å²) in [5.74, 6) is 0.650. The van der Waals surface area contributed by atoms with E-state index >= 15 is 0 Å². The molecule has 25 heavy (non-hydrogen) atoms. The molecule has 1 atom stereocenters. The van der Waals surface area contributed by atoms with Crippen molar-refractivity contribution in [2.75, 3.05) is 0 Å². The van der Waals surface area contributed by atoms with E-state index in [4.69, 9.17) is 0 Å². The van der Waals surface area contributed by atoms with Crippen molar-refractivity contribution in [2.24, 2.45) is 0 Å². The minimum Gasteiger partial charge on any atom is -0.376 e. The van der Waals surface area contributed by atoms with E-state index in [0.717, 1.165) is 49.0 Å². The van der Waals surface area contributed by atoms with E-state index in [2.05, 4.69) is 84.9 Å². The van der Waals surface area contributed by atoms with Crippen LogP contribution in [0.1, 0.15) is 33.4 Å². The number of aliphatic hydroxyl groups is 1. The van der Waals surface area contributed by atoms with E-state index < -0.39 is 5.60 Å². The van der Waals surface area contributed by atoms with Gasteiger partial charge in [0.2, 0.25) is 0 Å². The summed E-state index contributed by atoms with van der Waals surface area (Å²) >= 11 is 8.00. The summed E-state index contributed by atoms with van der Waals surface area (Å²) in [5.41, 5.74) is 7.22. The van der Waals surface area contributed by atoms with Crippen LogP contribution in [0, 0.1) is 13.8 Å². The van der Waals surface area contributed by atoms with Crippen molar-refractivity contribution in [2.45, 2.75) is 25.2 Å². The number of fused-ring (bicyclic) bond motifs is 3. The van der Waals surface area contributed by atoms with Crippen LogP contribution in [0.3, 0.4) is 0 Å². The molecule has 126 valence electrons. The number of aryl methyl sites for hydroxylation is 2. The first-order chi connectivity index (χ1) is 11.9. The molecule has 0 radical (unpaired) electrons. The molecular formula is C22H19BrOS. The van der Waals surface area contributed by atoms with Crippen molar-refractivity contribution in [1.29, 1.82) is 0 Å². The van der Waals surface area contributed by atoms with Crippen molar-refractivity contribution < 1.29 is 5.11 Å². The smallest absolute Gasteiger partial charge is 0.141 e. The van der Waals surface area contributed by atoms with Crippen molar-refractivity contribution in [3.63, 3.8) is 0 Å². The van der Waals surface area contributed by atoms with Gasteiger partial charge in [-0.15, -0.1) is 0 Å². The number of rotatable bonds is 2. The van der Waals surface area contributed by atoms with E-state index in [9.17, 15) is 5.11 Å². The first-order valence-corrected chi connectivity index (χ1v) is 9.72. The lowest BCUT2D eigenvalue weighted by Crippen LogP contribution is -2.26. The van der Waals surface area contributed by atoms with Crippen molar-refractivity contribution >= 4 is 28.6 Å². The maximum absolute atomic E-state index is 12.0. The molecule has 0 saturated heterocycles. The number of hydrogen-bond donors (Lipinski definition) is 2. The van der Waals surface area contributed by atoms with Gasteiger partial charge in [0.05, 0.1) is 0 Å². The fraction of sp³-hybridized carbons (Fsp3) is 0.182. The third-order valence-electron chi connectivity index (χ3n) is 4.96. The Hall–Kier alpha value is -1.55. The van der Waals surface area contributed by atoms with Crippen molar-refractivity contribution in [3.05, 3.63) is 92.5 Å².